The van der Waals surface area contributed by atoms with E-state index in [2.05, 4.69) is 21.0 Å². The van der Waals surface area contributed by atoms with Gasteiger partial charge in [0.25, 0.3) is 0 Å². The van der Waals surface area contributed by atoms with Gasteiger partial charge in [-0.2, -0.15) is 0 Å². The van der Waals surface area contributed by atoms with Crippen LogP contribution in [0.15, 0.2) is 36.5 Å². The zero-order chi connectivity index (χ0) is 12.3. The van der Waals surface area contributed by atoms with Crippen molar-refractivity contribution in [3.63, 3.8) is 0 Å². The van der Waals surface area contributed by atoms with E-state index < -0.39 is 24.9 Å². The Morgan fingerprint density at radius 2 is 2.24 bits per heavy atom. The molecule has 86 valence electrons. The van der Waals surface area contributed by atoms with Crippen LogP contribution in [0, 0.1) is 0 Å². The fourth-order valence-corrected chi connectivity index (χ4v) is 7.46. The average Bonchev–Trinajstić information content (AvgIpc) is 2.30. The molecule has 1 amide bonds. The molecule has 0 aliphatic carbocycles. The molecule has 17 heavy (non-hydrogen) atoms. The molecule has 0 aromatic heterocycles. The first-order valence-electron chi connectivity index (χ1n) is 5.72. The van der Waals surface area contributed by atoms with Crippen LogP contribution >= 0.6 is 0 Å². The molecule has 1 unspecified atom stereocenters. The third-order valence-electron chi connectivity index (χ3n) is 2.95. The zero-order valence-corrected chi connectivity index (χ0v) is 15.2. The summed E-state index contributed by atoms with van der Waals surface area (Å²) in [5.41, 5.74) is 7.57. The number of carbonyl (C=O) groups is 1. The molecule has 5 heteroatoms. The Hall–Kier alpha value is -0.875. The summed E-state index contributed by atoms with van der Waals surface area (Å²) >= 11 is -1.48. The number of amides is 1. The molecule has 4 nitrogen and oxygen atoms in total. The van der Waals surface area contributed by atoms with E-state index in [0.29, 0.717) is 0 Å². The van der Waals surface area contributed by atoms with Gasteiger partial charge < -0.3 is 0 Å². The van der Waals surface area contributed by atoms with Gasteiger partial charge in [0.2, 0.25) is 0 Å². The van der Waals surface area contributed by atoms with Crippen LogP contribution in [0.5, 0.6) is 0 Å². The van der Waals surface area contributed by atoms with E-state index in [9.17, 15) is 4.79 Å². The second-order valence-electron chi connectivity index (χ2n) is 4.26. The van der Waals surface area contributed by atoms with E-state index in [1.807, 2.05) is 18.2 Å². The minimum atomic E-state index is -1.48. The molecular formula is C12H15HgN3O. The molecule has 1 aliphatic heterocycles. The quantitative estimate of drug-likeness (QED) is 0.488. The number of hydrogen-bond acceptors (Lipinski definition) is 3. The van der Waals surface area contributed by atoms with E-state index in [4.69, 9.17) is 5.73 Å². The van der Waals surface area contributed by atoms with Gasteiger partial charge in [0, 0.05) is 0 Å². The average molecular weight is 418 g/mol. The van der Waals surface area contributed by atoms with E-state index >= 15 is 0 Å². The summed E-state index contributed by atoms with van der Waals surface area (Å²) in [4.78, 5) is 11.7. The minimum absolute atomic E-state index is 0.0516. The monoisotopic (exact) mass is 419 g/mol. The Balaban J connectivity index is 1.92. The number of hydrogen-bond donors (Lipinski definition) is 3. The SMILES string of the molecule is C=C1CCC([NH][Hg][c]2ccccc2N)C(=O)N1. The fourth-order valence-electron chi connectivity index (χ4n) is 1.90. The number of para-hydroxylation sites is 1. The Bertz CT molecular complexity index is 447. The maximum absolute atomic E-state index is 11.7. The van der Waals surface area contributed by atoms with Gasteiger partial charge in [-0.1, -0.05) is 0 Å². The van der Waals surface area contributed by atoms with Crippen LogP contribution in [0.4, 0.5) is 5.69 Å². The molecular weight excluding hydrogens is 403 g/mol. The summed E-state index contributed by atoms with van der Waals surface area (Å²) in [6.45, 7) is 3.77. The van der Waals surface area contributed by atoms with E-state index in [1.165, 1.54) is 3.07 Å². The van der Waals surface area contributed by atoms with Crippen molar-refractivity contribution in [2.75, 3.05) is 5.73 Å². The number of benzene rings is 1. The summed E-state index contributed by atoms with van der Waals surface area (Å²) in [6.07, 6.45) is 1.71. The normalized spacial score (nSPS) is 19.6. The third kappa shape index (κ3) is 3.29. The van der Waals surface area contributed by atoms with Crippen LogP contribution < -0.4 is 17.2 Å². The summed E-state index contributed by atoms with van der Waals surface area (Å²) in [7, 11) is 0. The molecule has 1 heterocycles. The molecule has 1 saturated heterocycles. The van der Waals surface area contributed by atoms with Gasteiger partial charge in [-0.3, -0.25) is 0 Å². The molecule has 1 atom stereocenters. The van der Waals surface area contributed by atoms with Crippen LogP contribution in [-0.4, -0.2) is 11.9 Å². The first-order valence-corrected chi connectivity index (χ1v) is 11.2. The maximum atomic E-state index is 11.7. The van der Waals surface area contributed by atoms with Gasteiger partial charge >= 0.3 is 114 Å². The first kappa shape index (κ1) is 12.6. The van der Waals surface area contributed by atoms with Crippen molar-refractivity contribution in [3.05, 3.63) is 36.5 Å². The fraction of sp³-hybridized carbons (Fsp3) is 0.250. The molecule has 4 N–H and O–H groups in total. The van der Waals surface area contributed by atoms with Crippen LogP contribution in [0.2, 0.25) is 0 Å². The molecule has 0 bridgehead atoms. The molecule has 1 aromatic rings. The van der Waals surface area contributed by atoms with Gasteiger partial charge in [0.05, 0.1) is 0 Å². The topological polar surface area (TPSA) is 67.1 Å². The molecule has 0 saturated carbocycles. The van der Waals surface area contributed by atoms with Gasteiger partial charge in [-0.25, -0.2) is 0 Å². The van der Waals surface area contributed by atoms with Gasteiger partial charge in [-0.05, 0) is 0 Å². The van der Waals surface area contributed by atoms with Crippen molar-refractivity contribution in [3.8, 4) is 0 Å². The van der Waals surface area contributed by atoms with Crippen molar-refractivity contribution in [1.82, 2.24) is 8.40 Å². The number of piperidine rings is 1. The Morgan fingerprint density at radius 1 is 1.47 bits per heavy atom. The van der Waals surface area contributed by atoms with E-state index in [0.717, 1.165) is 24.2 Å². The van der Waals surface area contributed by atoms with Gasteiger partial charge in [0.1, 0.15) is 0 Å². The van der Waals surface area contributed by atoms with Crippen molar-refractivity contribution in [2.24, 2.45) is 0 Å². The Labute approximate surface area is 114 Å². The van der Waals surface area contributed by atoms with E-state index in [-0.39, 0.29) is 11.9 Å². The van der Waals surface area contributed by atoms with Crippen LogP contribution in [0.3, 0.4) is 0 Å². The molecule has 2 rings (SSSR count). The molecule has 0 radical (unpaired) electrons. The predicted octanol–water partition coefficient (Wildman–Crippen LogP) is 0.274. The van der Waals surface area contributed by atoms with Crippen molar-refractivity contribution in [2.45, 2.75) is 18.9 Å². The first-order chi connectivity index (χ1) is 8.16. The van der Waals surface area contributed by atoms with Crippen LogP contribution in [0.1, 0.15) is 12.8 Å². The van der Waals surface area contributed by atoms with Crippen molar-refractivity contribution in [1.29, 1.82) is 0 Å². The van der Waals surface area contributed by atoms with Gasteiger partial charge in [0.15, 0.2) is 0 Å². The van der Waals surface area contributed by atoms with Crippen LogP contribution in [0.25, 0.3) is 0 Å². The summed E-state index contributed by atoms with van der Waals surface area (Å²) < 4.78 is 4.68. The third-order valence-corrected chi connectivity index (χ3v) is 9.64. The predicted molar refractivity (Wildman–Crippen MR) is 63.9 cm³/mol. The number of allylic oxidation sites excluding steroid dienone is 1. The molecule has 1 aliphatic rings. The molecule has 0 spiro atoms. The number of carbonyl (C=O) groups excluding carboxylic acids is 1. The van der Waals surface area contributed by atoms with E-state index in [1.54, 1.807) is 0 Å². The summed E-state index contributed by atoms with van der Waals surface area (Å²) in [6, 6.07) is 7.85. The summed E-state index contributed by atoms with van der Waals surface area (Å²) in [5, 5.41) is 2.79. The van der Waals surface area contributed by atoms with Gasteiger partial charge in [-0.15, -0.1) is 0 Å². The van der Waals surface area contributed by atoms with Crippen molar-refractivity contribution < 1.29 is 29.7 Å². The second kappa shape index (κ2) is 5.64. The summed E-state index contributed by atoms with van der Waals surface area (Å²) in [5.74, 6) is 0.0516. The Morgan fingerprint density at radius 3 is 2.94 bits per heavy atom. The Kier molecular flexibility index (Phi) is 4.18. The number of nitrogens with two attached hydrogens (primary N) is 1. The standard InChI is InChI=1S/C6H9N2O.C6H6N.Hg/c1-4-2-3-5(7)6(9)8-4;7-6-4-2-1-3-5-6;/h5,7H,1-3H2,(H,8,9);1-4H,7H2;/q-1;;+1. The molecule has 1 aromatic carbocycles. The van der Waals surface area contributed by atoms with Crippen molar-refractivity contribution >= 4 is 14.7 Å². The second-order valence-corrected chi connectivity index (χ2v) is 10.2. The number of nitrogen functional groups attached to an aromatic ring is 1. The number of rotatable bonds is 3. The number of anilines is 1. The molecule has 1 fully saturated rings. The zero-order valence-electron chi connectivity index (χ0n) is 9.70. The number of nitrogens with one attached hydrogen (secondary N) is 2. The van der Waals surface area contributed by atoms with Crippen LogP contribution in [-0.2, 0) is 29.7 Å².